The van der Waals surface area contributed by atoms with Crippen LogP contribution in [0.4, 0.5) is 4.39 Å². The molecule has 0 atom stereocenters. The van der Waals surface area contributed by atoms with Crippen molar-refractivity contribution in [3.8, 4) is 0 Å². The van der Waals surface area contributed by atoms with E-state index in [2.05, 4.69) is 0 Å². The van der Waals surface area contributed by atoms with Crippen LogP contribution in [0.5, 0.6) is 0 Å². The Morgan fingerprint density at radius 2 is 2.07 bits per heavy atom. The second kappa shape index (κ2) is 5.61. The van der Waals surface area contributed by atoms with Crippen LogP contribution >= 0.6 is 0 Å². The molecule has 0 spiro atoms. The van der Waals surface area contributed by atoms with E-state index in [1.165, 1.54) is 12.1 Å². The van der Waals surface area contributed by atoms with E-state index in [1.54, 1.807) is 12.1 Å². The summed E-state index contributed by atoms with van der Waals surface area (Å²) in [6.07, 6.45) is 0.366. The first-order valence-corrected chi connectivity index (χ1v) is 5.11. The molecule has 82 valence electrons. The van der Waals surface area contributed by atoms with Crippen molar-refractivity contribution in [1.82, 2.24) is 4.90 Å². The van der Waals surface area contributed by atoms with Gasteiger partial charge in [-0.25, -0.2) is 4.39 Å². The minimum Gasteiger partial charge on any atom is -0.306 e. The Hall–Kier alpha value is -1.22. The first-order chi connectivity index (χ1) is 7.15. The molecule has 0 aliphatic heterocycles. The molecule has 3 heteroatoms. The summed E-state index contributed by atoms with van der Waals surface area (Å²) in [7, 11) is 1.94. The van der Waals surface area contributed by atoms with Crippen LogP contribution in [0.1, 0.15) is 23.7 Å². The van der Waals surface area contributed by atoms with Gasteiger partial charge in [0.2, 0.25) is 0 Å². The van der Waals surface area contributed by atoms with E-state index in [1.807, 2.05) is 18.9 Å². The van der Waals surface area contributed by atoms with Gasteiger partial charge in [0.05, 0.1) is 5.56 Å². The second-order valence-electron chi connectivity index (χ2n) is 3.55. The van der Waals surface area contributed by atoms with Crippen LogP contribution in [0.3, 0.4) is 0 Å². The molecule has 2 nitrogen and oxygen atoms in total. The van der Waals surface area contributed by atoms with Gasteiger partial charge in [0.1, 0.15) is 5.82 Å². The maximum atomic E-state index is 13.2. The minimum atomic E-state index is -0.429. The summed E-state index contributed by atoms with van der Waals surface area (Å²) >= 11 is 0. The van der Waals surface area contributed by atoms with Crippen LogP contribution in [0, 0.1) is 5.82 Å². The molecule has 0 fully saturated rings. The number of benzene rings is 1. The lowest BCUT2D eigenvalue weighted by Crippen LogP contribution is -2.21. The van der Waals surface area contributed by atoms with Crippen molar-refractivity contribution >= 4 is 5.78 Å². The zero-order chi connectivity index (χ0) is 11.3. The van der Waals surface area contributed by atoms with Crippen molar-refractivity contribution < 1.29 is 9.18 Å². The fourth-order valence-electron chi connectivity index (χ4n) is 1.27. The highest BCUT2D eigenvalue weighted by molar-refractivity contribution is 5.96. The molecule has 0 saturated heterocycles. The highest BCUT2D eigenvalue weighted by Gasteiger charge is 2.10. The molecule has 1 rings (SSSR count). The Morgan fingerprint density at radius 3 is 2.67 bits per heavy atom. The van der Waals surface area contributed by atoms with E-state index >= 15 is 0 Å². The molecule has 1 aromatic rings. The van der Waals surface area contributed by atoms with Gasteiger partial charge in [-0.15, -0.1) is 0 Å². The van der Waals surface area contributed by atoms with Gasteiger partial charge in [-0.2, -0.15) is 0 Å². The van der Waals surface area contributed by atoms with Crippen LogP contribution < -0.4 is 0 Å². The smallest absolute Gasteiger partial charge is 0.167 e. The molecule has 0 unspecified atom stereocenters. The lowest BCUT2D eigenvalue weighted by atomic mass is 10.1. The average Bonchev–Trinajstić information content (AvgIpc) is 2.26. The summed E-state index contributed by atoms with van der Waals surface area (Å²) in [6.45, 7) is 3.59. The summed E-state index contributed by atoms with van der Waals surface area (Å²) in [4.78, 5) is 13.6. The number of ketones is 1. The lowest BCUT2D eigenvalue weighted by molar-refractivity contribution is 0.0966. The third-order valence-corrected chi connectivity index (χ3v) is 2.43. The zero-order valence-electron chi connectivity index (χ0n) is 9.16. The minimum absolute atomic E-state index is 0.131. The summed E-state index contributed by atoms with van der Waals surface area (Å²) in [5.74, 6) is -0.560. The molecular weight excluding hydrogens is 193 g/mol. The van der Waals surface area contributed by atoms with Gasteiger partial charge < -0.3 is 4.90 Å². The molecule has 0 bridgehead atoms. The molecule has 0 amide bonds. The van der Waals surface area contributed by atoms with Crippen molar-refractivity contribution in [2.45, 2.75) is 13.3 Å². The molecule has 0 aliphatic carbocycles. The molecule has 0 aliphatic rings. The van der Waals surface area contributed by atoms with Crippen LogP contribution in [-0.4, -0.2) is 30.8 Å². The molecule has 0 radical (unpaired) electrons. The highest BCUT2D eigenvalue weighted by atomic mass is 19.1. The normalized spacial score (nSPS) is 10.7. The summed E-state index contributed by atoms with van der Waals surface area (Å²) < 4.78 is 13.2. The molecule has 0 N–H and O–H groups in total. The fourth-order valence-corrected chi connectivity index (χ4v) is 1.27. The van der Waals surface area contributed by atoms with E-state index in [4.69, 9.17) is 0 Å². The van der Waals surface area contributed by atoms with Gasteiger partial charge in [0.25, 0.3) is 0 Å². The van der Waals surface area contributed by atoms with Gasteiger partial charge in [-0.05, 0) is 25.7 Å². The van der Waals surface area contributed by atoms with Gasteiger partial charge >= 0.3 is 0 Å². The van der Waals surface area contributed by atoms with Crippen LogP contribution in [0.15, 0.2) is 24.3 Å². The van der Waals surface area contributed by atoms with Gasteiger partial charge in [-0.3, -0.25) is 4.79 Å². The van der Waals surface area contributed by atoms with Crippen molar-refractivity contribution in [3.63, 3.8) is 0 Å². The number of rotatable bonds is 5. The number of hydrogen-bond donors (Lipinski definition) is 0. The number of nitrogens with zero attached hydrogens (tertiary/aromatic N) is 1. The summed E-state index contributed by atoms with van der Waals surface area (Å²) in [5.41, 5.74) is 0.196. The van der Waals surface area contributed by atoms with E-state index in [-0.39, 0.29) is 11.3 Å². The van der Waals surface area contributed by atoms with Crippen molar-refractivity contribution in [2.75, 3.05) is 20.1 Å². The zero-order valence-corrected chi connectivity index (χ0v) is 9.16. The van der Waals surface area contributed by atoms with Crippen molar-refractivity contribution in [2.24, 2.45) is 0 Å². The Morgan fingerprint density at radius 1 is 1.40 bits per heavy atom. The van der Waals surface area contributed by atoms with Crippen LogP contribution in [0.25, 0.3) is 0 Å². The molecule has 1 aromatic carbocycles. The topological polar surface area (TPSA) is 20.3 Å². The number of hydrogen-bond acceptors (Lipinski definition) is 2. The largest absolute Gasteiger partial charge is 0.306 e. The Labute approximate surface area is 89.7 Å². The van der Waals surface area contributed by atoms with Gasteiger partial charge in [0, 0.05) is 13.0 Å². The second-order valence-corrected chi connectivity index (χ2v) is 3.55. The third kappa shape index (κ3) is 3.44. The molecular formula is C12H16FNO. The first kappa shape index (κ1) is 11.9. The van der Waals surface area contributed by atoms with E-state index in [0.717, 1.165) is 6.54 Å². The molecule has 0 saturated carbocycles. The third-order valence-electron chi connectivity index (χ3n) is 2.43. The molecule has 0 aromatic heterocycles. The standard InChI is InChI=1S/C12H16FNO/c1-3-14(2)9-8-12(15)10-6-4-5-7-11(10)13/h4-7H,3,8-9H2,1-2H3. The quantitative estimate of drug-likeness (QED) is 0.694. The highest BCUT2D eigenvalue weighted by Crippen LogP contribution is 2.09. The number of carbonyl (C=O) groups excluding carboxylic acids is 1. The predicted molar refractivity (Wildman–Crippen MR) is 58.5 cm³/mol. The lowest BCUT2D eigenvalue weighted by Gasteiger charge is -2.12. The summed E-state index contributed by atoms with van der Waals surface area (Å²) in [6, 6.07) is 6.12. The number of halogens is 1. The Kier molecular flexibility index (Phi) is 4.43. The van der Waals surface area contributed by atoms with Crippen molar-refractivity contribution in [3.05, 3.63) is 35.6 Å². The average molecular weight is 209 g/mol. The maximum absolute atomic E-state index is 13.2. The van der Waals surface area contributed by atoms with E-state index in [9.17, 15) is 9.18 Å². The first-order valence-electron chi connectivity index (χ1n) is 5.11. The summed E-state index contributed by atoms with van der Waals surface area (Å²) in [5, 5.41) is 0. The number of carbonyl (C=O) groups is 1. The fraction of sp³-hybridized carbons (Fsp3) is 0.417. The maximum Gasteiger partial charge on any atom is 0.167 e. The SMILES string of the molecule is CCN(C)CCC(=O)c1ccccc1F. The Balaban J connectivity index is 2.58. The number of Topliss-reactive ketones (excluding diaryl/α,β-unsaturated/α-hetero) is 1. The van der Waals surface area contributed by atoms with Crippen LogP contribution in [-0.2, 0) is 0 Å². The van der Waals surface area contributed by atoms with Crippen molar-refractivity contribution in [1.29, 1.82) is 0 Å². The predicted octanol–water partition coefficient (Wildman–Crippen LogP) is 2.35. The van der Waals surface area contributed by atoms with E-state index < -0.39 is 5.82 Å². The monoisotopic (exact) mass is 209 g/mol. The van der Waals surface area contributed by atoms with Crippen LogP contribution in [0.2, 0.25) is 0 Å². The Bertz CT molecular complexity index is 338. The molecule has 15 heavy (non-hydrogen) atoms. The van der Waals surface area contributed by atoms with Gasteiger partial charge in [0.15, 0.2) is 5.78 Å². The van der Waals surface area contributed by atoms with Gasteiger partial charge in [-0.1, -0.05) is 19.1 Å². The van der Waals surface area contributed by atoms with E-state index in [0.29, 0.717) is 13.0 Å². The molecule has 0 heterocycles.